The molecule has 0 spiro atoms. The fourth-order valence-electron chi connectivity index (χ4n) is 1.65. The Bertz CT molecular complexity index is 278. The average Bonchev–Trinajstić information content (AvgIpc) is 2.47. The van der Waals surface area contributed by atoms with Gasteiger partial charge in [-0.25, -0.2) is 0 Å². The molecule has 0 aromatic heterocycles. The highest BCUT2D eigenvalue weighted by molar-refractivity contribution is 6.30. The lowest BCUT2D eigenvalue weighted by molar-refractivity contribution is 0.141. The Morgan fingerprint density at radius 2 is 2.07 bits per heavy atom. The zero-order chi connectivity index (χ0) is 9.80. The number of hydrogen-bond donors (Lipinski definition) is 1. The molecule has 0 amide bonds. The van der Waals surface area contributed by atoms with Crippen molar-refractivity contribution in [3.8, 4) is 0 Å². The van der Waals surface area contributed by atoms with E-state index in [2.05, 4.69) is 17.4 Å². The number of hydrogen-bond acceptors (Lipinski definition) is 2. The summed E-state index contributed by atoms with van der Waals surface area (Å²) in [6.45, 7) is 3.55. The summed E-state index contributed by atoms with van der Waals surface area (Å²) >= 11 is 5.84. The topological polar surface area (TPSA) is 21.3 Å². The van der Waals surface area contributed by atoms with Crippen molar-refractivity contribution in [2.45, 2.75) is 5.92 Å². The highest BCUT2D eigenvalue weighted by Crippen LogP contribution is 2.19. The minimum atomic E-state index is 0.453. The third-order valence-corrected chi connectivity index (χ3v) is 2.73. The molecule has 1 heterocycles. The summed E-state index contributed by atoms with van der Waals surface area (Å²) in [6, 6.07) is 8.01. The normalized spacial score (nSPS) is 23.1. The van der Waals surface area contributed by atoms with E-state index in [0.717, 1.165) is 31.3 Å². The van der Waals surface area contributed by atoms with Crippen LogP contribution in [0.15, 0.2) is 24.3 Å². The van der Waals surface area contributed by atoms with Gasteiger partial charge in [-0.1, -0.05) is 23.7 Å². The Labute approximate surface area is 89.2 Å². The van der Waals surface area contributed by atoms with Gasteiger partial charge in [0.2, 0.25) is 0 Å². The summed E-state index contributed by atoms with van der Waals surface area (Å²) in [6.07, 6.45) is 0. The molecule has 1 N–H and O–H groups in total. The molecule has 1 aromatic rings. The molecule has 2 nitrogen and oxygen atoms in total. The van der Waals surface area contributed by atoms with Crippen LogP contribution in [0.2, 0.25) is 5.02 Å². The van der Waals surface area contributed by atoms with Crippen molar-refractivity contribution in [1.82, 2.24) is 5.32 Å². The third kappa shape index (κ3) is 2.47. The van der Waals surface area contributed by atoms with Gasteiger partial charge >= 0.3 is 0 Å². The summed E-state index contributed by atoms with van der Waals surface area (Å²) in [5, 5.41) is 4.14. The maximum Gasteiger partial charge on any atom is 0.0591 e. The maximum atomic E-state index is 5.84. The first-order chi connectivity index (χ1) is 6.86. The second kappa shape index (κ2) is 4.78. The molecule has 1 aliphatic heterocycles. The van der Waals surface area contributed by atoms with Crippen molar-refractivity contribution in [2.75, 3.05) is 26.3 Å². The molecular weight excluding hydrogens is 198 g/mol. The van der Waals surface area contributed by atoms with E-state index in [9.17, 15) is 0 Å². The van der Waals surface area contributed by atoms with Crippen LogP contribution in [0, 0.1) is 0 Å². The van der Waals surface area contributed by atoms with E-state index in [-0.39, 0.29) is 0 Å². The Morgan fingerprint density at radius 3 is 2.86 bits per heavy atom. The molecular formula is C11H14ClNO. The van der Waals surface area contributed by atoms with Gasteiger partial charge in [-0.15, -0.1) is 0 Å². The molecule has 14 heavy (non-hydrogen) atoms. The van der Waals surface area contributed by atoms with Gasteiger partial charge < -0.3 is 10.1 Å². The standard InChI is InChI=1S/C11H14ClNO/c12-11-3-1-9(2-4-11)10-7-13-5-6-14-8-10/h1-4,10,13H,5-8H2. The van der Waals surface area contributed by atoms with E-state index in [0.29, 0.717) is 5.92 Å². The van der Waals surface area contributed by atoms with Gasteiger partial charge in [-0.05, 0) is 17.7 Å². The summed E-state index contributed by atoms with van der Waals surface area (Å²) < 4.78 is 5.50. The van der Waals surface area contributed by atoms with Gasteiger partial charge in [0.25, 0.3) is 0 Å². The van der Waals surface area contributed by atoms with Crippen LogP contribution in [0.1, 0.15) is 11.5 Å². The quantitative estimate of drug-likeness (QED) is 0.768. The van der Waals surface area contributed by atoms with Crippen LogP contribution < -0.4 is 5.32 Å². The largest absolute Gasteiger partial charge is 0.379 e. The van der Waals surface area contributed by atoms with Crippen LogP contribution in [0.5, 0.6) is 0 Å². The van der Waals surface area contributed by atoms with E-state index < -0.39 is 0 Å². The van der Waals surface area contributed by atoms with Gasteiger partial charge in [-0.3, -0.25) is 0 Å². The maximum absolute atomic E-state index is 5.84. The first kappa shape index (κ1) is 9.97. The number of nitrogens with one attached hydrogen (secondary N) is 1. The van der Waals surface area contributed by atoms with Crippen molar-refractivity contribution in [3.63, 3.8) is 0 Å². The second-order valence-electron chi connectivity index (χ2n) is 3.53. The zero-order valence-corrected chi connectivity index (χ0v) is 8.76. The van der Waals surface area contributed by atoms with Crippen molar-refractivity contribution < 1.29 is 4.74 Å². The van der Waals surface area contributed by atoms with Crippen LogP contribution in [0.4, 0.5) is 0 Å². The molecule has 0 saturated carbocycles. The number of rotatable bonds is 1. The van der Waals surface area contributed by atoms with Crippen LogP contribution in [0.25, 0.3) is 0 Å². The first-order valence-corrected chi connectivity index (χ1v) is 5.28. The average molecular weight is 212 g/mol. The Kier molecular flexibility index (Phi) is 3.40. The molecule has 1 saturated heterocycles. The molecule has 0 bridgehead atoms. The van der Waals surface area contributed by atoms with Gasteiger partial charge in [0.1, 0.15) is 0 Å². The molecule has 1 aliphatic rings. The smallest absolute Gasteiger partial charge is 0.0591 e. The molecule has 0 aliphatic carbocycles. The SMILES string of the molecule is Clc1ccc(C2CNCCOC2)cc1. The van der Waals surface area contributed by atoms with Gasteiger partial charge in [-0.2, -0.15) is 0 Å². The summed E-state index contributed by atoms with van der Waals surface area (Å²) in [5.74, 6) is 0.453. The summed E-state index contributed by atoms with van der Waals surface area (Å²) in [4.78, 5) is 0. The lowest BCUT2D eigenvalue weighted by atomic mass is 10.0. The molecule has 76 valence electrons. The predicted molar refractivity (Wildman–Crippen MR) is 57.9 cm³/mol. The van der Waals surface area contributed by atoms with Crippen LogP contribution in [-0.2, 0) is 4.74 Å². The lowest BCUT2D eigenvalue weighted by Crippen LogP contribution is -2.21. The van der Waals surface area contributed by atoms with E-state index >= 15 is 0 Å². The van der Waals surface area contributed by atoms with Gasteiger partial charge in [0, 0.05) is 24.0 Å². The minimum absolute atomic E-state index is 0.453. The van der Waals surface area contributed by atoms with Crippen LogP contribution in [-0.4, -0.2) is 26.3 Å². The fraction of sp³-hybridized carbons (Fsp3) is 0.455. The number of benzene rings is 1. The van der Waals surface area contributed by atoms with Crippen molar-refractivity contribution >= 4 is 11.6 Å². The monoisotopic (exact) mass is 211 g/mol. The molecule has 1 fully saturated rings. The molecule has 1 aromatic carbocycles. The second-order valence-corrected chi connectivity index (χ2v) is 3.96. The highest BCUT2D eigenvalue weighted by Gasteiger charge is 2.13. The first-order valence-electron chi connectivity index (χ1n) is 4.90. The van der Waals surface area contributed by atoms with Crippen molar-refractivity contribution in [2.24, 2.45) is 0 Å². The Balaban J connectivity index is 2.08. The molecule has 3 heteroatoms. The lowest BCUT2D eigenvalue weighted by Gasteiger charge is -2.13. The van der Waals surface area contributed by atoms with E-state index in [1.54, 1.807) is 0 Å². The fourth-order valence-corrected chi connectivity index (χ4v) is 1.78. The predicted octanol–water partition coefficient (Wildman–Crippen LogP) is 2.04. The molecule has 1 atom stereocenters. The summed E-state index contributed by atoms with van der Waals surface area (Å²) in [7, 11) is 0. The zero-order valence-electron chi connectivity index (χ0n) is 8.00. The Hall–Kier alpha value is -0.570. The number of halogens is 1. The highest BCUT2D eigenvalue weighted by atomic mass is 35.5. The van der Waals surface area contributed by atoms with Crippen molar-refractivity contribution in [1.29, 1.82) is 0 Å². The summed E-state index contributed by atoms with van der Waals surface area (Å²) in [5.41, 5.74) is 1.30. The molecule has 2 rings (SSSR count). The van der Waals surface area contributed by atoms with Gasteiger partial charge in [0.05, 0.1) is 13.2 Å². The van der Waals surface area contributed by atoms with E-state index in [4.69, 9.17) is 16.3 Å². The van der Waals surface area contributed by atoms with E-state index in [1.165, 1.54) is 5.56 Å². The third-order valence-electron chi connectivity index (χ3n) is 2.47. The Morgan fingerprint density at radius 1 is 1.29 bits per heavy atom. The minimum Gasteiger partial charge on any atom is -0.379 e. The van der Waals surface area contributed by atoms with Crippen LogP contribution >= 0.6 is 11.6 Å². The van der Waals surface area contributed by atoms with Crippen LogP contribution in [0.3, 0.4) is 0 Å². The van der Waals surface area contributed by atoms with Gasteiger partial charge in [0.15, 0.2) is 0 Å². The number of ether oxygens (including phenoxy) is 1. The molecule has 0 radical (unpaired) electrons. The van der Waals surface area contributed by atoms with Crippen molar-refractivity contribution in [3.05, 3.63) is 34.9 Å². The molecule has 1 unspecified atom stereocenters. The van der Waals surface area contributed by atoms with E-state index in [1.807, 2.05) is 12.1 Å².